The summed E-state index contributed by atoms with van der Waals surface area (Å²) in [6.45, 7) is 19.0. The number of benzene rings is 1. The van der Waals surface area contributed by atoms with Crippen molar-refractivity contribution in [3.8, 4) is 0 Å². The van der Waals surface area contributed by atoms with E-state index in [-0.39, 0.29) is 61.4 Å². The fourth-order valence-electron chi connectivity index (χ4n) is 6.72. The average molecular weight is 742 g/mol. The summed E-state index contributed by atoms with van der Waals surface area (Å²) in [6.07, 6.45) is 2.06. The smallest absolute Gasteiger partial charge is 0.326 e. The second-order valence-corrected chi connectivity index (χ2v) is 16.2. The maximum absolute atomic E-state index is 14.3. The standard InChI is InChI=1S/C41H67N5O7/c1-14-28(6)31(24-35(47)32(42-11)22-26(3)4)38(50)44(13)29(7)37(49)46-21-20-33(46)40(52)45(15-2)34(23-30-18-16-27(5)17-19-30)39(51)43(12)25-36(48)53-41(8,9)10/h16-19,26,28-29,31-34,42H,14-15,20-25H2,1-13H3/t28-,29-,31-,32-,33-,34-/m0/s1. The summed E-state index contributed by atoms with van der Waals surface area (Å²) in [5.41, 5.74) is 1.18. The van der Waals surface area contributed by atoms with Gasteiger partial charge in [-0.2, -0.15) is 0 Å². The third-order valence-corrected chi connectivity index (χ3v) is 10.4. The molecule has 1 saturated heterocycles. The van der Waals surface area contributed by atoms with E-state index in [1.165, 1.54) is 26.6 Å². The summed E-state index contributed by atoms with van der Waals surface area (Å²) in [4.78, 5) is 88.0. The Labute approximate surface area is 318 Å². The summed E-state index contributed by atoms with van der Waals surface area (Å²) < 4.78 is 5.44. The number of hydrogen-bond donors (Lipinski definition) is 1. The van der Waals surface area contributed by atoms with Gasteiger partial charge in [0.05, 0.1) is 6.04 Å². The molecule has 1 aromatic rings. The monoisotopic (exact) mass is 742 g/mol. The molecule has 12 heteroatoms. The zero-order chi connectivity index (χ0) is 40.4. The zero-order valence-electron chi connectivity index (χ0n) is 34.7. The highest BCUT2D eigenvalue weighted by Crippen LogP contribution is 2.27. The van der Waals surface area contributed by atoms with Crippen LogP contribution in [0.4, 0.5) is 0 Å². The molecular weight excluding hydrogens is 674 g/mol. The highest BCUT2D eigenvalue weighted by atomic mass is 16.6. The van der Waals surface area contributed by atoms with Gasteiger partial charge in [-0.25, -0.2) is 0 Å². The van der Waals surface area contributed by atoms with Crippen LogP contribution in [-0.2, 0) is 39.9 Å². The average Bonchev–Trinajstić information content (AvgIpc) is 3.06. The Kier molecular flexibility index (Phi) is 17.2. The van der Waals surface area contributed by atoms with Gasteiger partial charge in [0.25, 0.3) is 0 Å². The minimum atomic E-state index is -0.937. The van der Waals surface area contributed by atoms with Crippen LogP contribution in [0.1, 0.15) is 99.1 Å². The minimum absolute atomic E-state index is 0.0215. The Morgan fingerprint density at radius 1 is 0.962 bits per heavy atom. The van der Waals surface area contributed by atoms with E-state index in [0.717, 1.165) is 11.1 Å². The summed E-state index contributed by atoms with van der Waals surface area (Å²) in [5.74, 6) is -2.37. The molecule has 0 spiro atoms. The molecule has 1 aliphatic rings. The van der Waals surface area contributed by atoms with Crippen LogP contribution in [0.5, 0.6) is 0 Å². The lowest BCUT2D eigenvalue weighted by Gasteiger charge is -2.45. The van der Waals surface area contributed by atoms with Gasteiger partial charge >= 0.3 is 5.97 Å². The molecule has 6 atom stereocenters. The van der Waals surface area contributed by atoms with Crippen molar-refractivity contribution in [2.45, 2.75) is 131 Å². The number of likely N-dealkylation sites (tertiary alicyclic amines) is 1. The predicted molar refractivity (Wildman–Crippen MR) is 207 cm³/mol. The first-order valence-corrected chi connectivity index (χ1v) is 19.3. The second-order valence-electron chi connectivity index (χ2n) is 16.2. The summed E-state index contributed by atoms with van der Waals surface area (Å²) >= 11 is 0. The van der Waals surface area contributed by atoms with Gasteiger partial charge in [0.2, 0.25) is 23.6 Å². The minimum Gasteiger partial charge on any atom is -0.459 e. The van der Waals surface area contributed by atoms with Crippen molar-refractivity contribution in [1.82, 2.24) is 24.9 Å². The lowest BCUT2D eigenvalue weighted by atomic mass is 9.83. The number of nitrogens with zero attached hydrogens (tertiary/aromatic N) is 4. The van der Waals surface area contributed by atoms with E-state index >= 15 is 0 Å². The number of ketones is 1. The summed E-state index contributed by atoms with van der Waals surface area (Å²) in [5, 5.41) is 3.10. The van der Waals surface area contributed by atoms with E-state index in [9.17, 15) is 28.8 Å². The van der Waals surface area contributed by atoms with Crippen LogP contribution in [0.3, 0.4) is 0 Å². The quantitative estimate of drug-likeness (QED) is 0.208. The van der Waals surface area contributed by atoms with Crippen molar-refractivity contribution in [2.75, 3.05) is 40.8 Å². The molecule has 298 valence electrons. The molecule has 12 nitrogen and oxygen atoms in total. The number of carbonyl (C=O) groups is 6. The molecule has 0 aromatic heterocycles. The molecule has 53 heavy (non-hydrogen) atoms. The number of carbonyl (C=O) groups excluding carboxylic acids is 6. The largest absolute Gasteiger partial charge is 0.459 e. The molecule has 0 unspecified atom stereocenters. The van der Waals surface area contributed by atoms with E-state index < -0.39 is 41.5 Å². The van der Waals surface area contributed by atoms with Crippen LogP contribution >= 0.6 is 0 Å². The van der Waals surface area contributed by atoms with E-state index in [1.54, 1.807) is 48.7 Å². The number of esters is 1. The molecular formula is C41H67N5O7. The number of rotatable bonds is 19. The SMILES string of the molecule is CC[C@H](C)[C@H](CC(=O)[C@H](CC(C)C)NC)C(=O)N(C)[C@@H](C)C(=O)N1CC[C@H]1C(=O)N(CC)[C@@H](Cc1ccc(C)cc1)C(=O)N(C)CC(=O)OC(C)(C)C. The van der Waals surface area contributed by atoms with Gasteiger partial charge in [-0.3, -0.25) is 28.8 Å². The Morgan fingerprint density at radius 3 is 2.04 bits per heavy atom. The van der Waals surface area contributed by atoms with Crippen molar-refractivity contribution in [2.24, 2.45) is 17.8 Å². The van der Waals surface area contributed by atoms with Crippen molar-refractivity contribution >= 4 is 35.4 Å². The van der Waals surface area contributed by atoms with Gasteiger partial charge in [0.15, 0.2) is 5.78 Å². The van der Waals surface area contributed by atoms with Gasteiger partial charge < -0.3 is 29.7 Å². The van der Waals surface area contributed by atoms with Gasteiger partial charge in [-0.15, -0.1) is 0 Å². The van der Waals surface area contributed by atoms with Crippen molar-refractivity contribution in [1.29, 1.82) is 0 Å². The predicted octanol–water partition coefficient (Wildman–Crippen LogP) is 4.26. The van der Waals surface area contributed by atoms with E-state index in [1.807, 2.05) is 45.0 Å². The fraction of sp³-hybridized carbons (Fsp3) is 0.707. The third-order valence-electron chi connectivity index (χ3n) is 10.4. The second kappa shape index (κ2) is 20.0. The van der Waals surface area contributed by atoms with Crippen molar-refractivity contribution in [3.63, 3.8) is 0 Å². The first-order chi connectivity index (χ1) is 24.7. The number of ether oxygens (including phenoxy) is 1. The summed E-state index contributed by atoms with van der Waals surface area (Å²) in [6, 6.07) is 4.74. The van der Waals surface area contributed by atoms with Crippen LogP contribution in [0, 0.1) is 24.7 Å². The number of amides is 4. The molecule has 4 amide bonds. The highest BCUT2D eigenvalue weighted by Gasteiger charge is 2.45. The number of Topliss-reactive ketones (excluding diaryl/α,β-unsaturated/α-hetero) is 1. The molecule has 0 bridgehead atoms. The van der Waals surface area contributed by atoms with Gasteiger partial charge in [0, 0.05) is 45.9 Å². The maximum Gasteiger partial charge on any atom is 0.326 e. The zero-order valence-corrected chi connectivity index (χ0v) is 34.7. The van der Waals surface area contributed by atoms with Crippen LogP contribution in [0.25, 0.3) is 0 Å². The Hall–Kier alpha value is -3.80. The maximum atomic E-state index is 14.3. The third kappa shape index (κ3) is 12.6. The topological polar surface area (TPSA) is 137 Å². The Balaban J connectivity index is 2.31. The van der Waals surface area contributed by atoms with E-state index in [2.05, 4.69) is 19.2 Å². The number of likely N-dealkylation sites (N-methyl/N-ethyl adjacent to an activating group) is 4. The molecule has 2 rings (SSSR count). The molecule has 1 N–H and O–H groups in total. The van der Waals surface area contributed by atoms with Crippen LogP contribution in [0.15, 0.2) is 24.3 Å². The van der Waals surface area contributed by atoms with E-state index in [4.69, 9.17) is 4.74 Å². The molecule has 1 aromatic carbocycles. The first kappa shape index (κ1) is 45.4. The number of nitrogens with one attached hydrogen (secondary N) is 1. The van der Waals surface area contributed by atoms with E-state index in [0.29, 0.717) is 31.7 Å². The highest BCUT2D eigenvalue weighted by molar-refractivity contribution is 5.96. The van der Waals surface area contributed by atoms with Crippen LogP contribution < -0.4 is 5.32 Å². The number of aryl methyl sites for hydroxylation is 1. The number of hydrogen-bond acceptors (Lipinski definition) is 8. The van der Waals surface area contributed by atoms with Crippen LogP contribution in [-0.4, -0.2) is 126 Å². The van der Waals surface area contributed by atoms with Gasteiger partial charge in [-0.05, 0) is 78.8 Å². The van der Waals surface area contributed by atoms with Gasteiger partial charge in [0.1, 0.15) is 30.3 Å². The molecule has 0 aliphatic carbocycles. The Bertz CT molecular complexity index is 1420. The molecule has 1 fully saturated rings. The van der Waals surface area contributed by atoms with Crippen LogP contribution in [0.2, 0.25) is 0 Å². The first-order valence-electron chi connectivity index (χ1n) is 19.3. The molecule has 0 saturated carbocycles. The lowest BCUT2D eigenvalue weighted by molar-refractivity contribution is -0.162. The Morgan fingerprint density at radius 2 is 1.57 bits per heavy atom. The molecule has 0 radical (unpaired) electrons. The normalized spacial score (nSPS) is 17.2. The van der Waals surface area contributed by atoms with Crippen molar-refractivity contribution in [3.05, 3.63) is 35.4 Å². The molecule has 1 aliphatic heterocycles. The summed E-state index contributed by atoms with van der Waals surface area (Å²) in [7, 11) is 4.86. The fourth-order valence-corrected chi connectivity index (χ4v) is 6.72. The molecule has 1 heterocycles. The lowest BCUT2D eigenvalue weighted by Crippen LogP contribution is -2.65. The van der Waals surface area contributed by atoms with Crippen molar-refractivity contribution < 1.29 is 33.5 Å². The van der Waals surface area contributed by atoms with Gasteiger partial charge in [-0.1, -0.05) is 63.9 Å².